The van der Waals surface area contributed by atoms with Gasteiger partial charge < -0.3 is 15.0 Å². The van der Waals surface area contributed by atoms with Gasteiger partial charge in [0.05, 0.1) is 19.4 Å². The van der Waals surface area contributed by atoms with E-state index in [2.05, 4.69) is 15.5 Å². The Labute approximate surface area is 198 Å². The van der Waals surface area contributed by atoms with Crippen molar-refractivity contribution in [1.82, 2.24) is 25.0 Å². The highest BCUT2D eigenvalue weighted by molar-refractivity contribution is 6.04. The molecule has 34 heavy (non-hydrogen) atoms. The highest BCUT2D eigenvalue weighted by atomic mass is 16.5. The predicted molar refractivity (Wildman–Crippen MR) is 128 cm³/mol. The standard InChI is InChI=1S/C24H29N7O3/c1-28-21-20(22(32)29(2)24(28)33)30-15-19(16-8-5-4-6-9-16)27-31(23(30)26-21)13-12-25-17-10-7-11-18(14-17)34-3/h4-11,14,20-21,23,25-26H,12-13,15H2,1-3H3. The number of methoxy groups -OCH3 is 1. The number of urea groups is 1. The number of rotatable bonds is 6. The molecule has 0 aliphatic carbocycles. The maximum atomic E-state index is 13.1. The van der Waals surface area contributed by atoms with Crippen LogP contribution in [-0.4, -0.2) is 96.7 Å². The number of fused-ring (bicyclic) bond motifs is 3. The summed E-state index contributed by atoms with van der Waals surface area (Å²) in [4.78, 5) is 30.6. The topological polar surface area (TPSA) is 92.8 Å². The Morgan fingerprint density at radius 3 is 2.68 bits per heavy atom. The molecule has 0 aromatic heterocycles. The Balaban J connectivity index is 1.40. The van der Waals surface area contributed by atoms with E-state index in [1.165, 1.54) is 11.9 Å². The van der Waals surface area contributed by atoms with Crippen LogP contribution in [0.4, 0.5) is 10.5 Å². The molecule has 10 heteroatoms. The van der Waals surface area contributed by atoms with Gasteiger partial charge in [-0.1, -0.05) is 36.4 Å². The molecule has 0 bridgehead atoms. The molecule has 3 heterocycles. The summed E-state index contributed by atoms with van der Waals surface area (Å²) in [5.74, 6) is 0.585. The number of benzene rings is 2. The van der Waals surface area contributed by atoms with Crippen LogP contribution in [0.2, 0.25) is 0 Å². The molecule has 3 aliphatic rings. The minimum absolute atomic E-state index is 0.202. The largest absolute Gasteiger partial charge is 0.497 e. The Kier molecular flexibility index (Phi) is 5.84. The van der Waals surface area contributed by atoms with Crippen molar-refractivity contribution >= 4 is 23.3 Å². The van der Waals surface area contributed by atoms with Crippen molar-refractivity contribution in [3.63, 3.8) is 0 Å². The second-order valence-corrected chi connectivity index (χ2v) is 8.63. The fourth-order valence-electron chi connectivity index (χ4n) is 4.78. The van der Waals surface area contributed by atoms with Gasteiger partial charge in [0.25, 0.3) is 5.91 Å². The van der Waals surface area contributed by atoms with Gasteiger partial charge in [0.1, 0.15) is 18.0 Å². The Hall–Kier alpha value is -3.63. The molecule has 2 aromatic rings. The SMILES string of the molecule is COc1cccc(NCCN2N=C(c3ccccc3)CN3C4C(=O)N(C)C(=O)N(C)C4NC23)c1. The second kappa shape index (κ2) is 8.96. The molecule has 2 fully saturated rings. The second-order valence-electron chi connectivity index (χ2n) is 8.63. The molecule has 3 atom stereocenters. The molecule has 3 unspecified atom stereocenters. The molecule has 0 radical (unpaired) electrons. The van der Waals surface area contributed by atoms with Crippen molar-refractivity contribution in [3.8, 4) is 5.75 Å². The fraction of sp³-hybridized carbons (Fsp3) is 0.375. The number of imide groups is 1. The number of hydrazone groups is 1. The van der Waals surface area contributed by atoms with E-state index < -0.39 is 12.2 Å². The van der Waals surface area contributed by atoms with Crippen molar-refractivity contribution < 1.29 is 14.3 Å². The lowest BCUT2D eigenvalue weighted by Crippen LogP contribution is -2.65. The van der Waals surface area contributed by atoms with Gasteiger partial charge in [-0.25, -0.2) is 9.69 Å². The van der Waals surface area contributed by atoms with E-state index in [-0.39, 0.29) is 18.2 Å². The van der Waals surface area contributed by atoms with Crippen molar-refractivity contribution in [2.75, 3.05) is 46.2 Å². The molecule has 0 saturated carbocycles. The van der Waals surface area contributed by atoms with Gasteiger partial charge in [-0.15, -0.1) is 0 Å². The van der Waals surface area contributed by atoms with Gasteiger partial charge in [-0.2, -0.15) is 5.10 Å². The zero-order chi connectivity index (χ0) is 23.8. The van der Waals surface area contributed by atoms with Crippen molar-refractivity contribution in [2.45, 2.75) is 18.5 Å². The van der Waals surface area contributed by atoms with Gasteiger partial charge in [0, 0.05) is 38.9 Å². The third-order valence-electron chi connectivity index (χ3n) is 6.59. The van der Waals surface area contributed by atoms with Crippen LogP contribution in [0.3, 0.4) is 0 Å². The van der Waals surface area contributed by atoms with E-state index in [4.69, 9.17) is 9.84 Å². The molecular weight excluding hydrogens is 434 g/mol. The zero-order valence-electron chi connectivity index (χ0n) is 19.5. The summed E-state index contributed by atoms with van der Waals surface area (Å²) in [6, 6.07) is 17.0. The first-order valence-corrected chi connectivity index (χ1v) is 11.3. The summed E-state index contributed by atoms with van der Waals surface area (Å²) in [5, 5.41) is 13.8. The number of carbonyl (C=O) groups is 2. The monoisotopic (exact) mass is 463 g/mol. The number of anilines is 1. The van der Waals surface area contributed by atoms with Gasteiger partial charge in [0.15, 0.2) is 6.29 Å². The summed E-state index contributed by atoms with van der Waals surface area (Å²) in [5.41, 5.74) is 2.85. The van der Waals surface area contributed by atoms with E-state index in [0.717, 1.165) is 22.7 Å². The van der Waals surface area contributed by atoms with E-state index >= 15 is 0 Å². The lowest BCUT2D eigenvalue weighted by Gasteiger charge is -2.41. The molecule has 178 valence electrons. The van der Waals surface area contributed by atoms with Gasteiger partial charge in [0.2, 0.25) is 0 Å². The lowest BCUT2D eigenvalue weighted by atomic mass is 10.1. The molecule has 5 rings (SSSR count). The minimum Gasteiger partial charge on any atom is -0.497 e. The minimum atomic E-state index is -0.485. The van der Waals surface area contributed by atoms with Crippen LogP contribution in [0, 0.1) is 0 Å². The first kappa shape index (κ1) is 22.2. The van der Waals surface area contributed by atoms with Crippen molar-refractivity contribution in [1.29, 1.82) is 0 Å². The number of nitrogens with zero attached hydrogens (tertiary/aromatic N) is 5. The van der Waals surface area contributed by atoms with Crippen LogP contribution in [0.25, 0.3) is 0 Å². The van der Waals surface area contributed by atoms with Gasteiger partial charge >= 0.3 is 6.03 Å². The van der Waals surface area contributed by atoms with Crippen LogP contribution in [0.1, 0.15) is 5.56 Å². The number of likely N-dealkylation sites (N-methyl/N-ethyl adjacent to an activating group) is 2. The van der Waals surface area contributed by atoms with Crippen LogP contribution in [0.15, 0.2) is 59.7 Å². The number of nitrogens with one attached hydrogen (secondary N) is 2. The summed E-state index contributed by atoms with van der Waals surface area (Å²) in [6.45, 7) is 1.72. The fourth-order valence-corrected chi connectivity index (χ4v) is 4.78. The first-order valence-electron chi connectivity index (χ1n) is 11.3. The predicted octanol–water partition coefficient (Wildman–Crippen LogP) is 1.23. The molecule has 3 amide bonds. The smallest absolute Gasteiger partial charge is 0.327 e. The zero-order valence-corrected chi connectivity index (χ0v) is 19.5. The average molecular weight is 464 g/mol. The third-order valence-corrected chi connectivity index (χ3v) is 6.59. The normalized spacial score (nSPS) is 24.6. The van der Waals surface area contributed by atoms with Crippen LogP contribution in [-0.2, 0) is 4.79 Å². The van der Waals surface area contributed by atoms with Crippen molar-refractivity contribution in [2.24, 2.45) is 5.10 Å². The lowest BCUT2D eigenvalue weighted by molar-refractivity contribution is -0.137. The summed E-state index contributed by atoms with van der Waals surface area (Å²) in [7, 11) is 4.91. The number of hydrogen-bond acceptors (Lipinski definition) is 8. The summed E-state index contributed by atoms with van der Waals surface area (Å²) in [6.07, 6.45) is -0.722. The van der Waals surface area contributed by atoms with Crippen LogP contribution < -0.4 is 15.4 Å². The van der Waals surface area contributed by atoms with Gasteiger partial charge in [-0.3, -0.25) is 20.0 Å². The van der Waals surface area contributed by atoms with E-state index in [1.54, 1.807) is 19.1 Å². The molecule has 0 spiro atoms. The number of amides is 3. The highest BCUT2D eigenvalue weighted by Crippen LogP contribution is 2.30. The average Bonchev–Trinajstić information content (AvgIpc) is 3.27. The van der Waals surface area contributed by atoms with Crippen molar-refractivity contribution in [3.05, 3.63) is 60.2 Å². The summed E-state index contributed by atoms with van der Waals surface area (Å²) >= 11 is 0. The Bertz CT molecular complexity index is 1110. The Morgan fingerprint density at radius 1 is 1.12 bits per heavy atom. The van der Waals surface area contributed by atoms with E-state index in [9.17, 15) is 9.59 Å². The van der Waals surface area contributed by atoms with E-state index in [1.807, 2.05) is 59.6 Å². The molecule has 10 nitrogen and oxygen atoms in total. The number of hydrogen-bond donors (Lipinski definition) is 2. The molecule has 2 N–H and O–H groups in total. The molecular formula is C24H29N7O3. The maximum Gasteiger partial charge on any atom is 0.327 e. The van der Waals surface area contributed by atoms with E-state index in [0.29, 0.717) is 19.6 Å². The van der Waals surface area contributed by atoms with Gasteiger partial charge in [-0.05, 0) is 17.7 Å². The number of ether oxygens (including phenoxy) is 1. The Morgan fingerprint density at radius 2 is 1.91 bits per heavy atom. The molecule has 2 aromatic carbocycles. The maximum absolute atomic E-state index is 13.1. The molecule has 2 saturated heterocycles. The summed E-state index contributed by atoms with van der Waals surface area (Å²) < 4.78 is 5.31. The van der Waals surface area contributed by atoms with Crippen LogP contribution in [0.5, 0.6) is 5.75 Å². The number of carbonyl (C=O) groups excluding carboxylic acids is 2. The van der Waals surface area contributed by atoms with Crippen LogP contribution >= 0.6 is 0 Å². The first-order chi connectivity index (χ1) is 16.5. The quantitative estimate of drug-likeness (QED) is 0.666. The molecule has 3 aliphatic heterocycles. The highest BCUT2D eigenvalue weighted by Gasteiger charge is 2.55. The third kappa shape index (κ3) is 3.84.